The molecule has 2 amide bonds. The van der Waals surface area contributed by atoms with Crippen molar-refractivity contribution in [1.82, 2.24) is 10.2 Å². The van der Waals surface area contributed by atoms with Gasteiger partial charge in [-0.1, -0.05) is 85.8 Å². The lowest BCUT2D eigenvalue weighted by atomic mass is 10.1. The molecule has 0 spiro atoms. The van der Waals surface area contributed by atoms with Crippen LogP contribution < -0.4 is 10.2 Å². The zero-order valence-corrected chi connectivity index (χ0v) is 23.4. The topological polar surface area (TPSA) is 52.7 Å². The summed E-state index contributed by atoms with van der Waals surface area (Å²) in [7, 11) is 0. The van der Waals surface area contributed by atoms with Gasteiger partial charge in [0.25, 0.3) is 11.8 Å². The van der Waals surface area contributed by atoms with Crippen molar-refractivity contribution < 1.29 is 9.59 Å². The van der Waals surface area contributed by atoms with Crippen LogP contribution in [-0.4, -0.2) is 42.9 Å². The van der Waals surface area contributed by atoms with Crippen molar-refractivity contribution in [3.8, 4) is 0 Å². The van der Waals surface area contributed by atoms with Crippen molar-refractivity contribution in [2.45, 2.75) is 45.1 Å². The zero-order chi connectivity index (χ0) is 26.9. The van der Waals surface area contributed by atoms with Gasteiger partial charge in [0.1, 0.15) is 0 Å². The molecule has 198 valence electrons. The highest BCUT2D eigenvalue weighted by molar-refractivity contribution is 8.04. The van der Waals surface area contributed by atoms with Crippen LogP contribution in [0.5, 0.6) is 0 Å². The monoisotopic (exact) mass is 527 g/mol. The average Bonchev–Trinajstić information content (AvgIpc) is 2.91. The van der Waals surface area contributed by atoms with E-state index in [1.54, 1.807) is 4.90 Å². The van der Waals surface area contributed by atoms with Crippen LogP contribution >= 0.6 is 11.8 Å². The van der Waals surface area contributed by atoms with Crippen molar-refractivity contribution in [2.75, 3.05) is 31.1 Å². The van der Waals surface area contributed by atoms with E-state index in [0.29, 0.717) is 23.6 Å². The molecule has 0 aliphatic carbocycles. The van der Waals surface area contributed by atoms with Crippen LogP contribution in [0.15, 0.2) is 82.6 Å². The zero-order valence-electron chi connectivity index (χ0n) is 22.6. The summed E-state index contributed by atoms with van der Waals surface area (Å²) < 4.78 is 0. The minimum atomic E-state index is -0.112. The van der Waals surface area contributed by atoms with Crippen LogP contribution in [0.4, 0.5) is 5.69 Å². The summed E-state index contributed by atoms with van der Waals surface area (Å²) in [5, 5.41) is 3.08. The molecule has 0 atom stereocenters. The molecule has 1 heterocycles. The van der Waals surface area contributed by atoms with E-state index in [2.05, 4.69) is 43.1 Å². The van der Waals surface area contributed by atoms with Crippen LogP contribution in [0.3, 0.4) is 0 Å². The molecular weight excluding hydrogens is 490 g/mol. The number of thioether (sulfide) groups is 1. The molecule has 1 N–H and O–H groups in total. The summed E-state index contributed by atoms with van der Waals surface area (Å²) in [5.74, 6) is -0.167. The lowest BCUT2D eigenvalue weighted by molar-refractivity contribution is -0.114. The summed E-state index contributed by atoms with van der Waals surface area (Å²) in [5.41, 5.74) is 4.53. The van der Waals surface area contributed by atoms with Gasteiger partial charge in [-0.05, 0) is 68.3 Å². The molecule has 0 unspecified atom stereocenters. The molecule has 0 bridgehead atoms. The molecular formula is C32H37N3O2S. The molecule has 0 aromatic heterocycles. The number of anilines is 1. The third-order valence-corrected chi connectivity index (χ3v) is 7.58. The van der Waals surface area contributed by atoms with Crippen LogP contribution in [-0.2, 0) is 11.3 Å². The normalized spacial score (nSPS) is 14.2. The number of carbonyl (C=O) groups is 2. The van der Waals surface area contributed by atoms with Crippen LogP contribution in [0.1, 0.15) is 53.7 Å². The molecule has 0 radical (unpaired) electrons. The number of nitrogens with one attached hydrogen (secondary N) is 1. The Labute approximate surface area is 230 Å². The van der Waals surface area contributed by atoms with Crippen molar-refractivity contribution in [2.24, 2.45) is 0 Å². The Bertz CT molecular complexity index is 1280. The highest BCUT2D eigenvalue weighted by Crippen LogP contribution is 2.43. The minimum absolute atomic E-state index is 0.0554. The molecule has 38 heavy (non-hydrogen) atoms. The Kier molecular flexibility index (Phi) is 9.79. The maximum Gasteiger partial charge on any atom is 0.265 e. The van der Waals surface area contributed by atoms with Gasteiger partial charge in [0, 0.05) is 23.5 Å². The fourth-order valence-corrected chi connectivity index (χ4v) is 5.74. The number of benzene rings is 3. The first kappa shape index (κ1) is 27.7. The second-order valence-electron chi connectivity index (χ2n) is 9.68. The largest absolute Gasteiger partial charge is 0.351 e. The highest BCUT2D eigenvalue weighted by Gasteiger charge is 2.30. The maximum atomic E-state index is 13.8. The number of amides is 2. The van der Waals surface area contributed by atoms with E-state index in [4.69, 9.17) is 0 Å². The Hall–Kier alpha value is -3.35. The third kappa shape index (κ3) is 7.15. The van der Waals surface area contributed by atoms with Crippen molar-refractivity contribution >= 4 is 35.3 Å². The Morgan fingerprint density at radius 3 is 2.42 bits per heavy atom. The predicted octanol–water partition coefficient (Wildman–Crippen LogP) is 6.53. The molecule has 1 aliphatic rings. The van der Waals surface area contributed by atoms with Gasteiger partial charge in [0.15, 0.2) is 0 Å². The summed E-state index contributed by atoms with van der Waals surface area (Å²) in [6.07, 6.45) is 4.14. The number of nitrogens with zero attached hydrogens (tertiary/aromatic N) is 2. The smallest absolute Gasteiger partial charge is 0.265 e. The van der Waals surface area contributed by atoms with E-state index in [-0.39, 0.29) is 11.8 Å². The van der Waals surface area contributed by atoms with E-state index in [9.17, 15) is 9.59 Å². The second-order valence-corrected chi connectivity index (χ2v) is 10.8. The number of fused-ring (bicyclic) bond motifs is 1. The fourth-order valence-electron chi connectivity index (χ4n) is 4.70. The van der Waals surface area contributed by atoms with Crippen molar-refractivity contribution in [3.05, 3.63) is 100.0 Å². The van der Waals surface area contributed by atoms with Gasteiger partial charge < -0.3 is 15.1 Å². The fraction of sp³-hybridized carbons (Fsp3) is 0.312. The minimum Gasteiger partial charge on any atom is -0.351 e. The molecule has 6 heteroatoms. The average molecular weight is 528 g/mol. The third-order valence-electron chi connectivity index (χ3n) is 6.50. The first-order valence-electron chi connectivity index (χ1n) is 13.4. The molecule has 1 aliphatic heterocycles. The number of hydrogen-bond donors (Lipinski definition) is 1. The molecule has 0 saturated heterocycles. The SMILES string of the molecule is CCCN(CCC)CCNC(=O)c1ccc2c(c1)N(Cc1cccc(C)c1)C(=O)/C(=C\c1ccccc1)S2. The van der Waals surface area contributed by atoms with E-state index in [0.717, 1.165) is 59.7 Å². The van der Waals surface area contributed by atoms with Crippen molar-refractivity contribution in [3.63, 3.8) is 0 Å². The predicted molar refractivity (Wildman–Crippen MR) is 158 cm³/mol. The first-order chi connectivity index (χ1) is 18.5. The summed E-state index contributed by atoms with van der Waals surface area (Å²) >= 11 is 1.46. The second kappa shape index (κ2) is 13.4. The van der Waals surface area contributed by atoms with E-state index in [1.807, 2.05) is 66.7 Å². The lowest BCUT2D eigenvalue weighted by Crippen LogP contribution is -2.36. The first-order valence-corrected chi connectivity index (χ1v) is 14.3. The number of aryl methyl sites for hydroxylation is 1. The van der Waals surface area contributed by atoms with Gasteiger partial charge in [-0.3, -0.25) is 9.59 Å². The van der Waals surface area contributed by atoms with Crippen LogP contribution in [0.2, 0.25) is 0 Å². The van der Waals surface area contributed by atoms with Gasteiger partial charge in [-0.2, -0.15) is 0 Å². The van der Waals surface area contributed by atoms with Crippen LogP contribution in [0.25, 0.3) is 6.08 Å². The van der Waals surface area contributed by atoms with Gasteiger partial charge in [0.2, 0.25) is 0 Å². The standard InChI is InChI=1S/C32H37N3O2S/c1-4-17-34(18-5-2)19-16-33-31(36)27-14-15-29-28(22-27)35(23-26-13-9-10-24(3)20-26)32(37)30(38-29)21-25-11-7-6-8-12-25/h6-15,20-22H,4-5,16-19,23H2,1-3H3,(H,33,36)/b30-21+. The Balaban J connectivity index is 1.59. The van der Waals surface area contributed by atoms with E-state index < -0.39 is 0 Å². The van der Waals surface area contributed by atoms with Gasteiger partial charge in [-0.15, -0.1) is 0 Å². The molecule has 0 saturated carbocycles. The molecule has 3 aromatic rings. The molecule has 4 rings (SSSR count). The molecule has 5 nitrogen and oxygen atoms in total. The van der Waals surface area contributed by atoms with Gasteiger partial charge in [0.05, 0.1) is 17.1 Å². The summed E-state index contributed by atoms with van der Waals surface area (Å²) in [4.78, 5) is 32.7. The number of rotatable bonds is 11. The van der Waals surface area contributed by atoms with Crippen LogP contribution in [0, 0.1) is 6.92 Å². The maximum absolute atomic E-state index is 13.8. The number of hydrogen-bond acceptors (Lipinski definition) is 4. The van der Waals surface area contributed by atoms with Crippen molar-refractivity contribution in [1.29, 1.82) is 0 Å². The van der Waals surface area contributed by atoms with Gasteiger partial charge >= 0.3 is 0 Å². The highest BCUT2D eigenvalue weighted by atomic mass is 32.2. The Morgan fingerprint density at radius 2 is 1.71 bits per heavy atom. The van der Waals surface area contributed by atoms with E-state index in [1.165, 1.54) is 11.8 Å². The van der Waals surface area contributed by atoms with E-state index >= 15 is 0 Å². The number of carbonyl (C=O) groups excluding carboxylic acids is 2. The molecule has 0 fully saturated rings. The quantitative estimate of drug-likeness (QED) is 0.288. The van der Waals surface area contributed by atoms with Gasteiger partial charge in [-0.25, -0.2) is 0 Å². The lowest BCUT2D eigenvalue weighted by Gasteiger charge is -2.31. The Morgan fingerprint density at radius 1 is 0.947 bits per heavy atom. The summed E-state index contributed by atoms with van der Waals surface area (Å²) in [6, 6.07) is 23.8. The molecule has 3 aromatic carbocycles. The summed E-state index contributed by atoms with van der Waals surface area (Å²) in [6.45, 7) is 10.3.